The molecule has 1 N–H and O–H groups in total. The third kappa shape index (κ3) is 4.61. The monoisotopic (exact) mass is 402 g/mol. The lowest BCUT2D eigenvalue weighted by atomic mass is 10.1. The predicted octanol–water partition coefficient (Wildman–Crippen LogP) is 4.22. The van der Waals surface area contributed by atoms with Gasteiger partial charge < -0.3 is 10.1 Å². The van der Waals surface area contributed by atoms with Gasteiger partial charge in [-0.2, -0.15) is 0 Å². The first-order valence-corrected chi connectivity index (χ1v) is 9.73. The molecule has 0 aliphatic carbocycles. The number of hydrogen-bond acceptors (Lipinski definition) is 5. The number of anilines is 1. The third-order valence-corrected chi connectivity index (χ3v) is 5.15. The lowest BCUT2D eigenvalue weighted by molar-refractivity contribution is -0.113. The van der Waals surface area contributed by atoms with E-state index in [0.29, 0.717) is 21.6 Å². The fourth-order valence-electron chi connectivity index (χ4n) is 2.60. The second-order valence-electron chi connectivity index (χ2n) is 5.65. The van der Waals surface area contributed by atoms with Crippen molar-refractivity contribution in [3.05, 3.63) is 59.4 Å². The molecule has 3 rings (SSSR count). The molecule has 3 aromatic rings. The molecule has 8 heteroatoms. The Morgan fingerprint density at radius 2 is 2.11 bits per heavy atom. The molecule has 1 heterocycles. The number of nitrogens with zero attached hydrogens (tertiary/aromatic N) is 3. The summed E-state index contributed by atoms with van der Waals surface area (Å²) < 4.78 is 7.01. The number of methoxy groups -OCH3 is 1. The summed E-state index contributed by atoms with van der Waals surface area (Å²) in [4.78, 5) is 12.3. The number of carbonyl (C=O) groups is 1. The smallest absolute Gasteiger partial charge is 0.234 e. The number of para-hydroxylation sites is 1. The van der Waals surface area contributed by atoms with Crippen LogP contribution in [0.3, 0.4) is 0 Å². The molecule has 140 valence electrons. The van der Waals surface area contributed by atoms with Crippen LogP contribution in [0.5, 0.6) is 5.75 Å². The van der Waals surface area contributed by atoms with Crippen molar-refractivity contribution in [2.45, 2.75) is 18.5 Å². The topological polar surface area (TPSA) is 69.0 Å². The third-order valence-electron chi connectivity index (χ3n) is 3.92. The van der Waals surface area contributed by atoms with Crippen LogP contribution in [-0.4, -0.2) is 33.5 Å². The van der Waals surface area contributed by atoms with Gasteiger partial charge in [-0.25, -0.2) is 0 Å². The maximum Gasteiger partial charge on any atom is 0.234 e. The highest BCUT2D eigenvalue weighted by molar-refractivity contribution is 7.99. The minimum atomic E-state index is -0.153. The molecule has 2 aromatic carbocycles. The number of rotatable bonds is 7. The van der Waals surface area contributed by atoms with Crippen LogP contribution in [0, 0.1) is 0 Å². The SMILES string of the molecule is CCc1ccccc1-n1cnnc1SCC(=O)Nc1ccc(OC)c(Cl)c1. The number of halogens is 1. The van der Waals surface area contributed by atoms with Gasteiger partial charge in [0.2, 0.25) is 5.91 Å². The van der Waals surface area contributed by atoms with E-state index in [9.17, 15) is 4.79 Å². The van der Waals surface area contributed by atoms with Crippen LogP contribution in [0.4, 0.5) is 5.69 Å². The van der Waals surface area contributed by atoms with Gasteiger partial charge in [0.1, 0.15) is 12.1 Å². The van der Waals surface area contributed by atoms with Gasteiger partial charge in [0.05, 0.1) is 23.6 Å². The molecule has 1 amide bonds. The maximum absolute atomic E-state index is 12.3. The first-order valence-electron chi connectivity index (χ1n) is 8.37. The highest BCUT2D eigenvalue weighted by atomic mass is 35.5. The molecule has 27 heavy (non-hydrogen) atoms. The van der Waals surface area contributed by atoms with Gasteiger partial charge in [-0.3, -0.25) is 9.36 Å². The van der Waals surface area contributed by atoms with E-state index in [2.05, 4.69) is 28.5 Å². The highest BCUT2D eigenvalue weighted by Gasteiger charge is 2.13. The number of thioether (sulfide) groups is 1. The fraction of sp³-hybridized carbons (Fsp3) is 0.211. The molecule has 0 spiro atoms. The van der Waals surface area contributed by atoms with Gasteiger partial charge in [0, 0.05) is 5.69 Å². The average molecular weight is 403 g/mol. The largest absolute Gasteiger partial charge is 0.495 e. The van der Waals surface area contributed by atoms with Crippen LogP contribution >= 0.6 is 23.4 Å². The molecule has 0 aliphatic heterocycles. The van der Waals surface area contributed by atoms with E-state index in [-0.39, 0.29) is 11.7 Å². The molecule has 1 aromatic heterocycles. The summed E-state index contributed by atoms with van der Waals surface area (Å²) in [5.41, 5.74) is 2.83. The maximum atomic E-state index is 12.3. The zero-order valence-corrected chi connectivity index (χ0v) is 16.5. The van der Waals surface area contributed by atoms with Crippen molar-refractivity contribution in [3.63, 3.8) is 0 Å². The van der Waals surface area contributed by atoms with Crippen LogP contribution in [0.2, 0.25) is 5.02 Å². The van der Waals surface area contributed by atoms with Gasteiger partial charge in [-0.15, -0.1) is 10.2 Å². The zero-order valence-electron chi connectivity index (χ0n) is 15.0. The number of aromatic nitrogens is 3. The van der Waals surface area contributed by atoms with Gasteiger partial charge in [-0.05, 0) is 36.2 Å². The molecule has 0 aliphatic rings. The van der Waals surface area contributed by atoms with E-state index in [1.807, 2.05) is 22.8 Å². The Hall–Kier alpha value is -2.51. The average Bonchev–Trinajstić information content (AvgIpc) is 3.15. The van der Waals surface area contributed by atoms with Crippen LogP contribution in [-0.2, 0) is 11.2 Å². The molecular formula is C19H19ClN4O2S. The summed E-state index contributed by atoms with van der Waals surface area (Å²) in [6.45, 7) is 2.10. The second kappa shape index (κ2) is 8.92. The van der Waals surface area contributed by atoms with Gasteiger partial charge in [0.25, 0.3) is 0 Å². The molecule has 0 unspecified atom stereocenters. The van der Waals surface area contributed by atoms with E-state index in [0.717, 1.165) is 12.1 Å². The van der Waals surface area contributed by atoms with Crippen LogP contribution in [0.15, 0.2) is 53.9 Å². The number of carbonyl (C=O) groups excluding carboxylic acids is 1. The summed E-state index contributed by atoms with van der Waals surface area (Å²) in [6, 6.07) is 13.2. The standard InChI is InChI=1S/C19H19ClN4O2S/c1-3-13-6-4-5-7-16(13)24-12-21-23-19(24)27-11-18(25)22-14-8-9-17(26-2)15(20)10-14/h4-10,12H,3,11H2,1-2H3,(H,22,25). The molecule has 0 saturated heterocycles. The lowest BCUT2D eigenvalue weighted by Gasteiger charge is -2.11. The van der Waals surface area contributed by atoms with Crippen molar-refractivity contribution < 1.29 is 9.53 Å². The number of aryl methyl sites for hydroxylation is 1. The predicted molar refractivity (Wildman–Crippen MR) is 108 cm³/mol. The number of amides is 1. The molecule has 0 saturated carbocycles. The van der Waals surface area contributed by atoms with Crippen LogP contribution in [0.1, 0.15) is 12.5 Å². The normalized spacial score (nSPS) is 10.6. The second-order valence-corrected chi connectivity index (χ2v) is 7.00. The molecule has 0 bridgehead atoms. The van der Waals surface area contributed by atoms with E-state index in [1.54, 1.807) is 31.6 Å². The number of nitrogens with one attached hydrogen (secondary N) is 1. The summed E-state index contributed by atoms with van der Waals surface area (Å²) in [5, 5.41) is 12.1. The van der Waals surface area contributed by atoms with Gasteiger partial charge in [-0.1, -0.05) is 48.5 Å². The Bertz CT molecular complexity index is 945. The summed E-state index contributed by atoms with van der Waals surface area (Å²) in [5.74, 6) is 0.614. The Balaban J connectivity index is 1.67. The first kappa shape index (κ1) is 19.3. The highest BCUT2D eigenvalue weighted by Crippen LogP contribution is 2.27. The number of benzene rings is 2. The van der Waals surface area contributed by atoms with Crippen molar-refractivity contribution in [2.24, 2.45) is 0 Å². The van der Waals surface area contributed by atoms with Crippen molar-refractivity contribution in [1.29, 1.82) is 0 Å². The Kier molecular flexibility index (Phi) is 6.36. The molecule has 0 fully saturated rings. The van der Waals surface area contributed by atoms with Crippen molar-refractivity contribution >= 4 is 35.0 Å². The Morgan fingerprint density at radius 3 is 2.85 bits per heavy atom. The van der Waals surface area contributed by atoms with Crippen LogP contribution < -0.4 is 10.1 Å². The van der Waals surface area contributed by atoms with E-state index >= 15 is 0 Å². The summed E-state index contributed by atoms with van der Waals surface area (Å²) in [7, 11) is 1.54. The van der Waals surface area contributed by atoms with Crippen molar-refractivity contribution in [2.75, 3.05) is 18.2 Å². The molecule has 0 radical (unpaired) electrons. The van der Waals surface area contributed by atoms with E-state index < -0.39 is 0 Å². The minimum absolute atomic E-state index is 0.153. The van der Waals surface area contributed by atoms with Crippen molar-refractivity contribution in [3.8, 4) is 11.4 Å². The van der Waals surface area contributed by atoms with Crippen LogP contribution in [0.25, 0.3) is 5.69 Å². The quantitative estimate of drug-likeness (QED) is 0.599. The fourth-order valence-corrected chi connectivity index (χ4v) is 3.58. The molecule has 0 atom stereocenters. The summed E-state index contributed by atoms with van der Waals surface area (Å²) in [6.07, 6.45) is 2.56. The Morgan fingerprint density at radius 1 is 1.30 bits per heavy atom. The minimum Gasteiger partial charge on any atom is -0.495 e. The van der Waals surface area contributed by atoms with Crippen molar-refractivity contribution in [1.82, 2.24) is 14.8 Å². The molecular weight excluding hydrogens is 384 g/mol. The zero-order chi connectivity index (χ0) is 19.2. The first-order chi connectivity index (χ1) is 13.1. The molecule has 6 nitrogen and oxygen atoms in total. The lowest BCUT2D eigenvalue weighted by Crippen LogP contribution is -2.14. The number of hydrogen-bond donors (Lipinski definition) is 1. The Labute approximate surface area is 166 Å². The summed E-state index contributed by atoms with van der Waals surface area (Å²) >= 11 is 7.41. The van der Waals surface area contributed by atoms with E-state index in [1.165, 1.54) is 17.3 Å². The van der Waals surface area contributed by atoms with Gasteiger partial charge >= 0.3 is 0 Å². The van der Waals surface area contributed by atoms with E-state index in [4.69, 9.17) is 16.3 Å². The number of ether oxygens (including phenoxy) is 1. The van der Waals surface area contributed by atoms with Gasteiger partial charge in [0.15, 0.2) is 5.16 Å².